The first-order valence-corrected chi connectivity index (χ1v) is 14.8. The van der Waals surface area contributed by atoms with Gasteiger partial charge in [0.05, 0.1) is 17.7 Å². The number of sulfonamides is 1. The van der Waals surface area contributed by atoms with Gasteiger partial charge in [0.1, 0.15) is 18.3 Å². The summed E-state index contributed by atoms with van der Waals surface area (Å²) in [5.41, 5.74) is 2.91. The molecule has 9 heteroatoms. The Kier molecular flexibility index (Phi) is 10.3. The largest absolute Gasteiger partial charge is 0.495 e. The molecule has 3 aromatic carbocycles. The molecule has 0 aliphatic carbocycles. The standard InChI is InChI=1S/C31H39N3O5S/c1-7-27(31(36)32-22(2)3)33(20-25-13-11-12-23(4)18-25)30(35)21-34(28-19-24(5)16-17-29(28)39-6)40(37,38)26-14-9-8-10-15-26/h8-19,22,27H,7,20-21H2,1-6H3,(H,32,36)/t27-/m0/s1. The van der Waals surface area contributed by atoms with Crippen LogP contribution >= 0.6 is 0 Å². The van der Waals surface area contributed by atoms with Crippen molar-refractivity contribution in [2.24, 2.45) is 0 Å². The molecule has 0 heterocycles. The highest BCUT2D eigenvalue weighted by molar-refractivity contribution is 7.92. The fourth-order valence-corrected chi connectivity index (χ4v) is 5.97. The lowest BCUT2D eigenvalue weighted by molar-refractivity contribution is -0.140. The van der Waals surface area contributed by atoms with Crippen LogP contribution in [0, 0.1) is 13.8 Å². The second kappa shape index (κ2) is 13.5. The molecule has 40 heavy (non-hydrogen) atoms. The summed E-state index contributed by atoms with van der Waals surface area (Å²) in [6.45, 7) is 8.97. The molecule has 0 aliphatic heterocycles. The van der Waals surface area contributed by atoms with Gasteiger partial charge in [-0.15, -0.1) is 0 Å². The van der Waals surface area contributed by atoms with Gasteiger partial charge in [0.2, 0.25) is 11.8 Å². The fourth-order valence-electron chi connectivity index (χ4n) is 4.54. The van der Waals surface area contributed by atoms with Crippen LogP contribution in [0.1, 0.15) is 43.9 Å². The zero-order valence-electron chi connectivity index (χ0n) is 24.0. The fraction of sp³-hybridized carbons (Fsp3) is 0.355. The van der Waals surface area contributed by atoms with Gasteiger partial charge in [-0.2, -0.15) is 0 Å². The molecule has 0 spiro atoms. The summed E-state index contributed by atoms with van der Waals surface area (Å²) in [5, 5.41) is 2.91. The van der Waals surface area contributed by atoms with Crippen molar-refractivity contribution in [3.05, 3.63) is 89.5 Å². The van der Waals surface area contributed by atoms with Crippen LogP contribution in [0.15, 0.2) is 77.7 Å². The smallest absolute Gasteiger partial charge is 0.264 e. The summed E-state index contributed by atoms with van der Waals surface area (Å²) in [6, 6.07) is 19.9. The van der Waals surface area contributed by atoms with Crippen molar-refractivity contribution in [3.8, 4) is 5.75 Å². The van der Waals surface area contributed by atoms with Gasteiger partial charge in [-0.25, -0.2) is 8.42 Å². The Labute approximate surface area is 238 Å². The van der Waals surface area contributed by atoms with Gasteiger partial charge >= 0.3 is 0 Å². The van der Waals surface area contributed by atoms with Crippen LogP contribution < -0.4 is 14.4 Å². The summed E-state index contributed by atoms with van der Waals surface area (Å²) in [5.74, 6) is -0.479. The number of anilines is 1. The Bertz CT molecular complexity index is 1420. The summed E-state index contributed by atoms with van der Waals surface area (Å²) in [4.78, 5) is 28.9. The summed E-state index contributed by atoms with van der Waals surface area (Å²) >= 11 is 0. The second-order valence-electron chi connectivity index (χ2n) is 10.1. The van der Waals surface area contributed by atoms with E-state index < -0.39 is 28.5 Å². The highest BCUT2D eigenvalue weighted by Gasteiger charge is 2.35. The van der Waals surface area contributed by atoms with E-state index in [0.717, 1.165) is 21.0 Å². The normalized spacial score (nSPS) is 12.1. The Balaban J connectivity index is 2.12. The minimum atomic E-state index is -4.18. The number of nitrogens with zero attached hydrogens (tertiary/aromatic N) is 2. The van der Waals surface area contributed by atoms with E-state index in [4.69, 9.17) is 4.74 Å². The highest BCUT2D eigenvalue weighted by atomic mass is 32.2. The van der Waals surface area contributed by atoms with Gasteiger partial charge in [0, 0.05) is 12.6 Å². The molecule has 0 aliphatic rings. The van der Waals surface area contributed by atoms with Crippen molar-refractivity contribution in [1.29, 1.82) is 0 Å². The molecule has 2 amide bonds. The third kappa shape index (κ3) is 7.41. The van der Waals surface area contributed by atoms with E-state index in [1.165, 1.54) is 24.1 Å². The van der Waals surface area contributed by atoms with Crippen LogP contribution in [0.3, 0.4) is 0 Å². The molecule has 0 unspecified atom stereocenters. The Morgan fingerprint density at radius 2 is 1.60 bits per heavy atom. The lowest BCUT2D eigenvalue weighted by Crippen LogP contribution is -2.53. The van der Waals surface area contributed by atoms with Crippen LogP contribution in [0.25, 0.3) is 0 Å². The molecule has 8 nitrogen and oxygen atoms in total. The van der Waals surface area contributed by atoms with Gasteiger partial charge in [0.25, 0.3) is 10.0 Å². The van der Waals surface area contributed by atoms with Gasteiger partial charge < -0.3 is 15.0 Å². The van der Waals surface area contributed by atoms with Crippen molar-refractivity contribution < 1.29 is 22.7 Å². The summed E-state index contributed by atoms with van der Waals surface area (Å²) in [6.07, 6.45) is 0.356. The maximum absolute atomic E-state index is 14.2. The number of ether oxygens (including phenoxy) is 1. The molecule has 0 saturated heterocycles. The van der Waals surface area contributed by atoms with Crippen molar-refractivity contribution in [2.75, 3.05) is 18.0 Å². The molecule has 214 valence electrons. The number of amides is 2. The van der Waals surface area contributed by atoms with Crippen molar-refractivity contribution in [1.82, 2.24) is 10.2 Å². The van der Waals surface area contributed by atoms with E-state index in [1.54, 1.807) is 30.3 Å². The zero-order valence-corrected chi connectivity index (χ0v) is 24.9. The van der Waals surface area contributed by atoms with E-state index in [0.29, 0.717) is 12.2 Å². The third-order valence-electron chi connectivity index (χ3n) is 6.47. The number of benzene rings is 3. The van der Waals surface area contributed by atoms with Crippen LogP contribution in [-0.2, 0) is 26.2 Å². The van der Waals surface area contributed by atoms with Crippen molar-refractivity contribution >= 4 is 27.5 Å². The molecular formula is C31H39N3O5S. The second-order valence-corrected chi connectivity index (χ2v) is 12.0. The number of methoxy groups -OCH3 is 1. The van der Waals surface area contributed by atoms with Crippen LogP contribution in [0.5, 0.6) is 5.75 Å². The van der Waals surface area contributed by atoms with Gasteiger partial charge in [-0.1, -0.05) is 61.0 Å². The van der Waals surface area contributed by atoms with Gasteiger partial charge in [-0.3, -0.25) is 13.9 Å². The van der Waals surface area contributed by atoms with E-state index >= 15 is 0 Å². The summed E-state index contributed by atoms with van der Waals surface area (Å²) in [7, 11) is -2.72. The lowest BCUT2D eigenvalue weighted by Gasteiger charge is -2.34. The van der Waals surface area contributed by atoms with Crippen molar-refractivity contribution in [3.63, 3.8) is 0 Å². The zero-order chi connectivity index (χ0) is 29.4. The molecule has 0 radical (unpaired) electrons. The number of carbonyl (C=O) groups is 2. The minimum Gasteiger partial charge on any atom is -0.495 e. The molecule has 0 fully saturated rings. The lowest BCUT2D eigenvalue weighted by atomic mass is 10.1. The van der Waals surface area contributed by atoms with Crippen LogP contribution in [0.4, 0.5) is 5.69 Å². The first-order valence-electron chi connectivity index (χ1n) is 13.4. The molecule has 0 bridgehead atoms. The monoisotopic (exact) mass is 565 g/mol. The third-order valence-corrected chi connectivity index (χ3v) is 8.24. The topological polar surface area (TPSA) is 96.0 Å². The van der Waals surface area contributed by atoms with Gasteiger partial charge in [-0.05, 0) is 69.5 Å². The van der Waals surface area contributed by atoms with E-state index in [9.17, 15) is 18.0 Å². The van der Waals surface area contributed by atoms with Gasteiger partial charge in [0.15, 0.2) is 0 Å². The number of nitrogens with one attached hydrogen (secondary N) is 1. The Morgan fingerprint density at radius 1 is 0.925 bits per heavy atom. The molecule has 3 rings (SSSR count). The van der Waals surface area contributed by atoms with Crippen molar-refractivity contribution in [2.45, 2.75) is 64.6 Å². The first kappa shape index (κ1) is 30.7. The number of aryl methyl sites for hydroxylation is 2. The van der Waals surface area contributed by atoms with E-state index in [1.807, 2.05) is 65.0 Å². The predicted molar refractivity (Wildman–Crippen MR) is 158 cm³/mol. The van der Waals surface area contributed by atoms with E-state index in [-0.39, 0.29) is 29.1 Å². The molecular weight excluding hydrogens is 526 g/mol. The highest BCUT2D eigenvalue weighted by Crippen LogP contribution is 2.33. The Morgan fingerprint density at radius 3 is 2.20 bits per heavy atom. The SMILES string of the molecule is CC[C@@H](C(=O)NC(C)C)N(Cc1cccc(C)c1)C(=O)CN(c1cc(C)ccc1OC)S(=O)(=O)c1ccccc1. The summed E-state index contributed by atoms with van der Waals surface area (Å²) < 4.78 is 34.6. The number of hydrogen-bond donors (Lipinski definition) is 1. The molecule has 3 aromatic rings. The molecule has 1 atom stereocenters. The first-order chi connectivity index (χ1) is 19.0. The quantitative estimate of drug-likeness (QED) is 0.339. The maximum atomic E-state index is 14.2. The van der Waals surface area contributed by atoms with Crippen LogP contribution in [0.2, 0.25) is 0 Å². The Hall–Kier alpha value is -3.85. The average molecular weight is 566 g/mol. The average Bonchev–Trinajstić information content (AvgIpc) is 2.91. The minimum absolute atomic E-state index is 0.0428. The molecule has 1 N–H and O–H groups in total. The molecule has 0 aromatic heterocycles. The molecule has 0 saturated carbocycles. The number of carbonyl (C=O) groups excluding carboxylic acids is 2. The number of rotatable bonds is 12. The van der Waals surface area contributed by atoms with E-state index in [2.05, 4.69) is 5.32 Å². The van der Waals surface area contributed by atoms with Crippen LogP contribution in [-0.4, -0.2) is 50.9 Å². The maximum Gasteiger partial charge on any atom is 0.264 e. The predicted octanol–water partition coefficient (Wildman–Crippen LogP) is 4.84. The number of hydrogen-bond acceptors (Lipinski definition) is 5.